The molecular weight excluding hydrogens is 360 g/mol. The van der Waals surface area contributed by atoms with Crippen molar-refractivity contribution in [1.29, 1.82) is 0 Å². The smallest absolute Gasteiger partial charge is 0.404 e. The Kier molecular flexibility index (Phi) is 13.7. The van der Waals surface area contributed by atoms with E-state index in [1.807, 2.05) is 42.7 Å². The van der Waals surface area contributed by atoms with Crippen LogP contribution < -0.4 is 11.5 Å². The number of pyridine rings is 1. The van der Waals surface area contributed by atoms with Crippen molar-refractivity contribution in [2.75, 3.05) is 13.2 Å². The minimum absolute atomic E-state index is 0.356. The molecule has 3 rings (SSSR count). The first-order chi connectivity index (χ1) is 13.4. The summed E-state index contributed by atoms with van der Waals surface area (Å²) in [5.74, 6) is 0. The molecule has 2 heterocycles. The number of hydrogen-bond acceptors (Lipinski definition) is 5. The van der Waals surface area contributed by atoms with E-state index in [0.717, 1.165) is 10.9 Å². The van der Waals surface area contributed by atoms with Gasteiger partial charge in [0, 0.05) is 29.5 Å². The molecule has 8 nitrogen and oxygen atoms in total. The van der Waals surface area contributed by atoms with Crippen molar-refractivity contribution in [1.82, 2.24) is 9.97 Å². The van der Waals surface area contributed by atoms with E-state index in [1.54, 1.807) is 20.0 Å². The summed E-state index contributed by atoms with van der Waals surface area (Å²) in [7, 11) is 0. The minimum Gasteiger partial charge on any atom is -0.450 e. The molecule has 28 heavy (non-hydrogen) atoms. The summed E-state index contributed by atoms with van der Waals surface area (Å²) in [4.78, 5) is 26.2. The molecule has 0 aliphatic rings. The SMILES string of the molecule is CCOC(N)=O.CCOC(N)=O.Cc1ccccc1.c1cc2[nH]ccc2cn1. The van der Waals surface area contributed by atoms with E-state index in [2.05, 4.69) is 50.0 Å². The number of nitrogens with one attached hydrogen (secondary N) is 1. The number of benzene rings is 1. The number of aromatic amines is 1. The van der Waals surface area contributed by atoms with E-state index in [0.29, 0.717) is 13.2 Å². The lowest BCUT2D eigenvalue weighted by molar-refractivity contribution is 0.162. The number of carbonyl (C=O) groups is 2. The van der Waals surface area contributed by atoms with Gasteiger partial charge in [-0.3, -0.25) is 4.98 Å². The van der Waals surface area contributed by atoms with Crippen molar-refractivity contribution in [2.24, 2.45) is 11.5 Å². The molecule has 0 aliphatic carbocycles. The highest BCUT2D eigenvalue weighted by Crippen LogP contribution is 2.07. The summed E-state index contributed by atoms with van der Waals surface area (Å²) in [6.45, 7) is 6.19. The molecular formula is C20H28N4O4. The maximum absolute atomic E-state index is 9.60. The van der Waals surface area contributed by atoms with Gasteiger partial charge in [-0.1, -0.05) is 35.9 Å². The first-order valence-electron chi connectivity index (χ1n) is 8.63. The lowest BCUT2D eigenvalue weighted by atomic mass is 10.2. The number of rotatable bonds is 2. The maximum atomic E-state index is 9.60. The molecule has 0 fully saturated rings. The summed E-state index contributed by atoms with van der Waals surface area (Å²) < 4.78 is 8.36. The number of ether oxygens (including phenoxy) is 2. The first kappa shape index (κ1) is 24.5. The Balaban J connectivity index is 0.000000355. The first-order valence-corrected chi connectivity index (χ1v) is 8.63. The number of H-pyrrole nitrogens is 1. The molecule has 3 aromatic rings. The van der Waals surface area contributed by atoms with E-state index < -0.39 is 12.2 Å². The van der Waals surface area contributed by atoms with Crippen LogP contribution in [0.15, 0.2) is 61.1 Å². The molecule has 0 aliphatic heterocycles. The van der Waals surface area contributed by atoms with Crippen molar-refractivity contribution < 1.29 is 19.1 Å². The van der Waals surface area contributed by atoms with E-state index in [-0.39, 0.29) is 0 Å². The Bertz CT molecular complexity index is 745. The number of nitrogens with two attached hydrogens (primary N) is 2. The molecule has 8 heteroatoms. The maximum Gasteiger partial charge on any atom is 0.404 e. The van der Waals surface area contributed by atoms with Gasteiger partial charge in [-0.15, -0.1) is 0 Å². The van der Waals surface area contributed by atoms with E-state index in [4.69, 9.17) is 0 Å². The number of aromatic nitrogens is 2. The summed E-state index contributed by atoms with van der Waals surface area (Å²) in [5.41, 5.74) is 11.5. The van der Waals surface area contributed by atoms with Crippen molar-refractivity contribution in [2.45, 2.75) is 20.8 Å². The van der Waals surface area contributed by atoms with Gasteiger partial charge in [0.2, 0.25) is 0 Å². The van der Waals surface area contributed by atoms with Gasteiger partial charge in [0.05, 0.1) is 13.2 Å². The van der Waals surface area contributed by atoms with Gasteiger partial charge in [-0.2, -0.15) is 0 Å². The molecule has 0 spiro atoms. The zero-order valence-electron chi connectivity index (χ0n) is 16.4. The number of fused-ring (bicyclic) bond motifs is 1. The highest BCUT2D eigenvalue weighted by molar-refractivity contribution is 5.77. The van der Waals surface area contributed by atoms with Gasteiger partial charge in [0.25, 0.3) is 0 Å². The average molecular weight is 388 g/mol. The van der Waals surface area contributed by atoms with Crippen LogP contribution in [0, 0.1) is 6.92 Å². The van der Waals surface area contributed by atoms with Crippen LogP contribution >= 0.6 is 0 Å². The fourth-order valence-electron chi connectivity index (χ4n) is 1.71. The highest BCUT2D eigenvalue weighted by Gasteiger charge is 1.87. The number of nitrogens with zero attached hydrogens (tertiary/aromatic N) is 1. The fourth-order valence-corrected chi connectivity index (χ4v) is 1.71. The molecule has 2 aromatic heterocycles. The molecule has 1 aromatic carbocycles. The van der Waals surface area contributed by atoms with Gasteiger partial charge < -0.3 is 25.9 Å². The van der Waals surface area contributed by atoms with E-state index in [1.165, 1.54) is 5.56 Å². The standard InChI is InChI=1S/C7H6N2.C7H8.2C3H7NO2/c1-4-9-7-2-3-8-5-6(1)7;1-7-5-3-2-4-6-7;2*1-2-6-3(4)5/h1-5,9H;2-6H,1H3;2*2H2,1H3,(H2,4,5). The highest BCUT2D eigenvalue weighted by atomic mass is 16.5. The Hall–Kier alpha value is -3.55. The third-order valence-electron chi connectivity index (χ3n) is 2.87. The van der Waals surface area contributed by atoms with E-state index in [9.17, 15) is 9.59 Å². The second-order valence-electron chi connectivity index (χ2n) is 5.10. The Morgan fingerprint density at radius 3 is 1.89 bits per heavy atom. The topological polar surface area (TPSA) is 133 Å². The summed E-state index contributed by atoms with van der Waals surface area (Å²) in [6.07, 6.45) is 4.10. The van der Waals surface area contributed by atoms with Gasteiger partial charge in [0.1, 0.15) is 0 Å². The lowest BCUT2D eigenvalue weighted by Gasteiger charge is -1.89. The monoisotopic (exact) mass is 388 g/mol. The van der Waals surface area contributed by atoms with Crippen molar-refractivity contribution in [3.63, 3.8) is 0 Å². The predicted molar refractivity (Wildman–Crippen MR) is 110 cm³/mol. The van der Waals surface area contributed by atoms with Crippen LogP contribution in [0.3, 0.4) is 0 Å². The van der Waals surface area contributed by atoms with E-state index >= 15 is 0 Å². The molecule has 152 valence electrons. The number of amides is 2. The molecule has 0 unspecified atom stereocenters. The fraction of sp³-hybridized carbons (Fsp3) is 0.250. The van der Waals surface area contributed by atoms with Crippen LogP contribution in [-0.2, 0) is 9.47 Å². The lowest BCUT2D eigenvalue weighted by Crippen LogP contribution is -2.11. The van der Waals surface area contributed by atoms with Crippen LogP contribution in [0.5, 0.6) is 0 Å². The van der Waals surface area contributed by atoms with Crippen LogP contribution in [0.4, 0.5) is 9.59 Å². The molecule has 0 bridgehead atoms. The predicted octanol–water partition coefficient (Wildman–Crippen LogP) is 3.76. The molecule has 0 saturated heterocycles. The Labute approximate surface area is 164 Å². The summed E-state index contributed by atoms with van der Waals surface area (Å²) in [6, 6.07) is 14.2. The third kappa shape index (κ3) is 13.7. The zero-order valence-corrected chi connectivity index (χ0v) is 16.4. The molecule has 2 amide bonds. The molecule has 5 N–H and O–H groups in total. The summed E-state index contributed by atoms with van der Waals surface area (Å²) >= 11 is 0. The third-order valence-corrected chi connectivity index (χ3v) is 2.87. The van der Waals surface area contributed by atoms with Crippen LogP contribution in [0.25, 0.3) is 10.9 Å². The summed E-state index contributed by atoms with van der Waals surface area (Å²) in [5, 5.41) is 1.16. The Morgan fingerprint density at radius 1 is 0.964 bits per heavy atom. The van der Waals surface area contributed by atoms with Crippen molar-refractivity contribution in [3.8, 4) is 0 Å². The van der Waals surface area contributed by atoms with Crippen LogP contribution in [0.1, 0.15) is 19.4 Å². The minimum atomic E-state index is -0.711. The van der Waals surface area contributed by atoms with Crippen molar-refractivity contribution in [3.05, 3.63) is 66.6 Å². The quantitative estimate of drug-likeness (QED) is 0.614. The zero-order chi connectivity index (χ0) is 21.2. The average Bonchev–Trinajstić information content (AvgIpc) is 3.12. The molecule has 0 atom stereocenters. The largest absolute Gasteiger partial charge is 0.450 e. The van der Waals surface area contributed by atoms with Gasteiger partial charge in [-0.25, -0.2) is 9.59 Å². The molecule has 0 radical (unpaired) electrons. The second kappa shape index (κ2) is 15.7. The normalized spacial score (nSPS) is 8.68. The van der Waals surface area contributed by atoms with Gasteiger partial charge in [-0.05, 0) is 32.9 Å². The number of hydrogen-bond donors (Lipinski definition) is 3. The van der Waals surface area contributed by atoms with Gasteiger partial charge in [0.15, 0.2) is 0 Å². The second-order valence-corrected chi connectivity index (χ2v) is 5.10. The number of primary amides is 2. The van der Waals surface area contributed by atoms with Crippen LogP contribution in [0.2, 0.25) is 0 Å². The number of carbonyl (C=O) groups excluding carboxylic acids is 2. The van der Waals surface area contributed by atoms with Crippen LogP contribution in [-0.4, -0.2) is 35.4 Å². The van der Waals surface area contributed by atoms with Gasteiger partial charge >= 0.3 is 12.2 Å². The van der Waals surface area contributed by atoms with Crippen molar-refractivity contribution >= 4 is 23.1 Å². The molecule has 0 saturated carbocycles. The Morgan fingerprint density at radius 2 is 1.54 bits per heavy atom. The number of aryl methyl sites for hydroxylation is 1.